The Balaban J connectivity index is 1.34. The van der Waals surface area contributed by atoms with Gasteiger partial charge in [0.1, 0.15) is 0 Å². The Labute approximate surface area is 176 Å². The summed E-state index contributed by atoms with van der Waals surface area (Å²) in [6, 6.07) is 15.4. The van der Waals surface area contributed by atoms with Gasteiger partial charge in [0.25, 0.3) is 0 Å². The molecule has 6 heteroatoms. The Hall–Kier alpha value is -2.37. The lowest BCUT2D eigenvalue weighted by Crippen LogP contribution is -2.40. The zero-order chi connectivity index (χ0) is 20.2. The van der Waals surface area contributed by atoms with Crippen LogP contribution in [-0.2, 0) is 16.1 Å². The first-order valence-corrected chi connectivity index (χ1v) is 10.6. The fourth-order valence-electron chi connectivity index (χ4n) is 4.17. The van der Waals surface area contributed by atoms with Crippen LogP contribution in [-0.4, -0.2) is 36.3 Å². The predicted molar refractivity (Wildman–Crippen MR) is 116 cm³/mol. The van der Waals surface area contributed by atoms with E-state index in [1.165, 1.54) is 0 Å². The molecule has 29 heavy (non-hydrogen) atoms. The van der Waals surface area contributed by atoms with Crippen molar-refractivity contribution in [2.45, 2.75) is 32.2 Å². The molecule has 0 aromatic heterocycles. The fourth-order valence-corrected chi connectivity index (χ4v) is 4.37. The molecule has 2 aromatic carbocycles. The molecular formula is C23H26ClN3O2. The summed E-state index contributed by atoms with van der Waals surface area (Å²) in [5.74, 6) is 0.188. The summed E-state index contributed by atoms with van der Waals surface area (Å²) in [5, 5.41) is 3.82. The van der Waals surface area contributed by atoms with E-state index in [2.05, 4.69) is 10.2 Å². The van der Waals surface area contributed by atoms with Gasteiger partial charge in [-0.1, -0.05) is 29.8 Å². The van der Waals surface area contributed by atoms with Gasteiger partial charge in [0, 0.05) is 42.5 Å². The van der Waals surface area contributed by atoms with Crippen molar-refractivity contribution in [3.05, 3.63) is 59.1 Å². The molecule has 5 nitrogen and oxygen atoms in total. The number of likely N-dealkylation sites (tertiary alicyclic amines) is 1. The molecule has 152 valence electrons. The molecule has 2 fully saturated rings. The number of nitrogens with zero attached hydrogens (tertiary/aromatic N) is 2. The third kappa shape index (κ3) is 4.80. The SMILES string of the molecule is O=C(Nc1ccc(N2CCCC2=O)cc1)[C@H]1CCCN(Cc2ccccc2Cl)C1. The standard InChI is InChI=1S/C23H26ClN3O2/c24-21-7-2-1-5-17(21)15-26-13-3-6-18(16-26)23(29)25-19-9-11-20(12-10-19)27-14-4-8-22(27)28/h1-2,5,7,9-12,18H,3-4,6,8,13-16H2,(H,25,29)/t18-/m0/s1. The molecule has 0 bridgehead atoms. The van der Waals surface area contributed by atoms with Crippen LogP contribution in [0.3, 0.4) is 0 Å². The van der Waals surface area contributed by atoms with Gasteiger partial charge in [-0.25, -0.2) is 0 Å². The first kappa shape index (κ1) is 19.9. The number of nitrogens with one attached hydrogen (secondary N) is 1. The Morgan fingerprint density at radius 1 is 1.07 bits per heavy atom. The summed E-state index contributed by atoms with van der Waals surface area (Å²) in [5.41, 5.74) is 2.77. The van der Waals surface area contributed by atoms with E-state index in [9.17, 15) is 9.59 Å². The number of anilines is 2. The second-order valence-corrected chi connectivity index (χ2v) is 8.26. The summed E-state index contributed by atoms with van der Waals surface area (Å²) in [6.07, 6.45) is 3.42. The number of piperidine rings is 1. The van der Waals surface area contributed by atoms with Gasteiger partial charge in [0.05, 0.1) is 5.92 Å². The van der Waals surface area contributed by atoms with E-state index in [0.29, 0.717) is 6.42 Å². The molecule has 2 amide bonds. The number of benzene rings is 2. The lowest BCUT2D eigenvalue weighted by Gasteiger charge is -2.32. The highest BCUT2D eigenvalue weighted by Gasteiger charge is 2.26. The van der Waals surface area contributed by atoms with Gasteiger partial charge in [-0.3, -0.25) is 14.5 Å². The lowest BCUT2D eigenvalue weighted by molar-refractivity contribution is -0.121. The van der Waals surface area contributed by atoms with E-state index < -0.39 is 0 Å². The molecule has 1 N–H and O–H groups in total. The molecule has 2 aromatic rings. The first-order chi connectivity index (χ1) is 14.1. The van der Waals surface area contributed by atoms with Crippen molar-refractivity contribution in [2.75, 3.05) is 29.9 Å². The van der Waals surface area contributed by atoms with E-state index in [-0.39, 0.29) is 17.7 Å². The molecule has 0 unspecified atom stereocenters. The molecule has 0 saturated carbocycles. The largest absolute Gasteiger partial charge is 0.326 e. The van der Waals surface area contributed by atoms with Gasteiger partial charge >= 0.3 is 0 Å². The van der Waals surface area contributed by atoms with Gasteiger partial charge in [-0.15, -0.1) is 0 Å². The van der Waals surface area contributed by atoms with Gasteiger partial charge in [-0.2, -0.15) is 0 Å². The summed E-state index contributed by atoms with van der Waals surface area (Å²) in [6.45, 7) is 3.25. The Kier molecular flexibility index (Phi) is 6.16. The average Bonchev–Trinajstić information content (AvgIpc) is 3.16. The normalized spacial score (nSPS) is 20.1. The Bertz CT molecular complexity index is 884. The molecule has 2 saturated heterocycles. The zero-order valence-electron chi connectivity index (χ0n) is 16.4. The van der Waals surface area contributed by atoms with E-state index >= 15 is 0 Å². The van der Waals surface area contributed by atoms with Crippen molar-refractivity contribution in [3.8, 4) is 0 Å². The Morgan fingerprint density at radius 3 is 2.59 bits per heavy atom. The van der Waals surface area contributed by atoms with Crippen molar-refractivity contribution >= 4 is 34.8 Å². The lowest BCUT2D eigenvalue weighted by atomic mass is 9.96. The second-order valence-electron chi connectivity index (χ2n) is 7.85. The molecule has 0 spiro atoms. The highest BCUT2D eigenvalue weighted by Crippen LogP contribution is 2.25. The minimum atomic E-state index is -0.0360. The van der Waals surface area contributed by atoms with E-state index in [1.54, 1.807) is 4.90 Å². The van der Waals surface area contributed by atoms with Gasteiger partial charge in [-0.05, 0) is 61.7 Å². The molecule has 0 radical (unpaired) electrons. The van der Waals surface area contributed by atoms with Crippen molar-refractivity contribution < 1.29 is 9.59 Å². The zero-order valence-corrected chi connectivity index (χ0v) is 17.2. The van der Waals surface area contributed by atoms with Crippen LogP contribution < -0.4 is 10.2 Å². The highest BCUT2D eigenvalue weighted by atomic mass is 35.5. The maximum atomic E-state index is 12.8. The molecule has 2 heterocycles. The van der Waals surface area contributed by atoms with Crippen molar-refractivity contribution in [1.82, 2.24) is 4.90 Å². The quantitative estimate of drug-likeness (QED) is 0.797. The maximum Gasteiger partial charge on any atom is 0.228 e. The fraction of sp³-hybridized carbons (Fsp3) is 0.391. The van der Waals surface area contributed by atoms with Crippen LogP contribution in [0.15, 0.2) is 48.5 Å². The number of amides is 2. The van der Waals surface area contributed by atoms with E-state index in [0.717, 1.165) is 67.4 Å². The number of hydrogen-bond donors (Lipinski definition) is 1. The van der Waals surface area contributed by atoms with Crippen LogP contribution in [0, 0.1) is 5.92 Å². The van der Waals surface area contributed by atoms with Gasteiger partial charge in [0.15, 0.2) is 0 Å². The average molecular weight is 412 g/mol. The van der Waals surface area contributed by atoms with E-state index in [1.807, 2.05) is 48.5 Å². The van der Waals surface area contributed by atoms with Crippen LogP contribution in [0.2, 0.25) is 5.02 Å². The van der Waals surface area contributed by atoms with Gasteiger partial charge < -0.3 is 10.2 Å². The molecular weight excluding hydrogens is 386 g/mol. The number of rotatable bonds is 5. The predicted octanol–water partition coefficient (Wildman–Crippen LogP) is 4.32. The van der Waals surface area contributed by atoms with Crippen LogP contribution in [0.1, 0.15) is 31.2 Å². The molecule has 0 aliphatic carbocycles. The summed E-state index contributed by atoms with van der Waals surface area (Å²) < 4.78 is 0. The molecule has 2 aliphatic rings. The maximum absolute atomic E-state index is 12.8. The van der Waals surface area contributed by atoms with Gasteiger partial charge in [0.2, 0.25) is 11.8 Å². The number of halogens is 1. The highest BCUT2D eigenvalue weighted by molar-refractivity contribution is 6.31. The third-order valence-electron chi connectivity index (χ3n) is 5.75. The monoisotopic (exact) mass is 411 g/mol. The third-order valence-corrected chi connectivity index (χ3v) is 6.12. The minimum absolute atomic E-state index is 0.0360. The smallest absolute Gasteiger partial charge is 0.228 e. The summed E-state index contributed by atoms with van der Waals surface area (Å²) in [4.78, 5) is 28.8. The first-order valence-electron chi connectivity index (χ1n) is 10.3. The van der Waals surface area contributed by atoms with Crippen LogP contribution in [0.5, 0.6) is 0 Å². The minimum Gasteiger partial charge on any atom is -0.326 e. The van der Waals surface area contributed by atoms with E-state index in [4.69, 9.17) is 11.6 Å². The van der Waals surface area contributed by atoms with Crippen LogP contribution >= 0.6 is 11.6 Å². The van der Waals surface area contributed by atoms with Crippen LogP contribution in [0.4, 0.5) is 11.4 Å². The Morgan fingerprint density at radius 2 is 1.86 bits per heavy atom. The second kappa shape index (κ2) is 8.97. The molecule has 4 rings (SSSR count). The number of carbonyl (C=O) groups excluding carboxylic acids is 2. The number of hydrogen-bond acceptors (Lipinski definition) is 3. The molecule has 2 aliphatic heterocycles. The topological polar surface area (TPSA) is 52.7 Å². The van der Waals surface area contributed by atoms with Crippen LogP contribution in [0.25, 0.3) is 0 Å². The summed E-state index contributed by atoms with van der Waals surface area (Å²) >= 11 is 6.29. The summed E-state index contributed by atoms with van der Waals surface area (Å²) in [7, 11) is 0. The molecule has 1 atom stereocenters. The van der Waals surface area contributed by atoms with Crippen molar-refractivity contribution in [2.24, 2.45) is 5.92 Å². The van der Waals surface area contributed by atoms with Crippen molar-refractivity contribution in [3.63, 3.8) is 0 Å². The number of carbonyl (C=O) groups is 2. The van der Waals surface area contributed by atoms with Crippen molar-refractivity contribution in [1.29, 1.82) is 0 Å².